The van der Waals surface area contributed by atoms with Crippen LogP contribution in [0.15, 0.2) is 164 Å². The number of allylic oxidation sites excluding steroid dienone is 4. The highest BCUT2D eigenvalue weighted by Crippen LogP contribution is 2.41. The van der Waals surface area contributed by atoms with Crippen LogP contribution in [0.1, 0.15) is 6.92 Å². The summed E-state index contributed by atoms with van der Waals surface area (Å²) < 4.78 is 32.4. The van der Waals surface area contributed by atoms with E-state index < -0.39 is 0 Å². The summed E-state index contributed by atoms with van der Waals surface area (Å²) in [5.74, 6) is -0.117. The zero-order chi connectivity index (χ0) is 35.2. The molecule has 6 aromatic carbocycles. The topological polar surface area (TPSA) is 35.6 Å². The molecule has 6 heteroatoms. The molecule has 3 aromatic heterocycles. The van der Waals surface area contributed by atoms with Crippen molar-refractivity contribution in [1.29, 1.82) is 0 Å². The van der Waals surface area contributed by atoms with Gasteiger partial charge in [0.25, 0.3) is 0 Å². The predicted octanol–water partition coefficient (Wildman–Crippen LogP) is 12.1. The standard InChI is InChI=1S/C46H32F2N4/c1-2-3-4-9-28-51-41-12-7-5-10-36(41)37-26-27-43-44(45(37)51)38-11-6-8-13-42(38)52(43)35-24-18-32(19-25-35)46-49-39(30-14-20-33(47)21-15-30)29-40(50-46)31-16-22-34(48)23-17-31/h2-27,29H,28H2,1H3/b3-2-,9-4-. The van der Waals surface area contributed by atoms with Crippen LogP contribution in [-0.4, -0.2) is 19.1 Å². The molecule has 4 nitrogen and oxygen atoms in total. The molecule has 0 amide bonds. The normalized spacial score (nSPS) is 12.1. The fourth-order valence-corrected chi connectivity index (χ4v) is 7.29. The number of rotatable bonds is 7. The summed E-state index contributed by atoms with van der Waals surface area (Å²) in [5, 5.41) is 4.87. The Morgan fingerprint density at radius 2 is 1.15 bits per heavy atom. The Kier molecular flexibility index (Phi) is 7.77. The third-order valence-corrected chi connectivity index (χ3v) is 9.68. The molecule has 3 heterocycles. The van der Waals surface area contributed by atoms with Crippen LogP contribution in [0, 0.1) is 11.6 Å². The second-order valence-electron chi connectivity index (χ2n) is 12.8. The second-order valence-corrected chi connectivity index (χ2v) is 12.8. The maximum absolute atomic E-state index is 13.8. The Morgan fingerprint density at radius 1 is 0.558 bits per heavy atom. The number of fused-ring (bicyclic) bond motifs is 7. The van der Waals surface area contributed by atoms with Crippen LogP contribution in [-0.2, 0) is 6.54 Å². The van der Waals surface area contributed by atoms with Crippen molar-refractivity contribution in [2.75, 3.05) is 0 Å². The Balaban J connectivity index is 1.21. The van der Waals surface area contributed by atoms with Gasteiger partial charge in [0.2, 0.25) is 0 Å². The molecule has 0 atom stereocenters. The van der Waals surface area contributed by atoms with E-state index in [2.05, 4.69) is 100 Å². The van der Waals surface area contributed by atoms with Crippen molar-refractivity contribution in [1.82, 2.24) is 19.1 Å². The summed E-state index contributed by atoms with van der Waals surface area (Å²) in [6, 6.07) is 44.3. The van der Waals surface area contributed by atoms with Gasteiger partial charge in [0.15, 0.2) is 5.82 Å². The van der Waals surface area contributed by atoms with Crippen molar-refractivity contribution in [3.8, 4) is 39.6 Å². The summed E-state index contributed by atoms with van der Waals surface area (Å²) in [6.07, 6.45) is 8.41. The lowest BCUT2D eigenvalue weighted by Gasteiger charge is -2.11. The molecule has 0 spiro atoms. The van der Waals surface area contributed by atoms with Gasteiger partial charge in [0, 0.05) is 56.0 Å². The van der Waals surface area contributed by atoms with Crippen LogP contribution >= 0.6 is 0 Å². The Bertz CT molecular complexity index is 2760. The number of aromatic nitrogens is 4. The highest BCUT2D eigenvalue weighted by Gasteiger charge is 2.20. The molecular formula is C46H32F2N4. The van der Waals surface area contributed by atoms with E-state index >= 15 is 0 Å². The van der Waals surface area contributed by atoms with Gasteiger partial charge in [-0.2, -0.15) is 0 Å². The molecule has 0 fully saturated rings. The Labute approximate surface area is 299 Å². The molecular weight excluding hydrogens is 647 g/mol. The average Bonchev–Trinajstić information content (AvgIpc) is 3.69. The molecule has 0 aliphatic carbocycles. The van der Waals surface area contributed by atoms with E-state index in [0.29, 0.717) is 17.2 Å². The van der Waals surface area contributed by atoms with Gasteiger partial charge in [0.05, 0.1) is 27.9 Å². The van der Waals surface area contributed by atoms with Crippen LogP contribution in [0.5, 0.6) is 0 Å². The highest BCUT2D eigenvalue weighted by atomic mass is 19.1. The van der Waals surface area contributed by atoms with Crippen LogP contribution in [0.2, 0.25) is 0 Å². The van der Waals surface area contributed by atoms with Crippen molar-refractivity contribution >= 4 is 43.6 Å². The quantitative estimate of drug-likeness (QED) is 0.157. The van der Waals surface area contributed by atoms with Crippen LogP contribution in [0.25, 0.3) is 83.2 Å². The third kappa shape index (κ3) is 5.37. The van der Waals surface area contributed by atoms with E-state index in [1.165, 1.54) is 56.8 Å². The first-order chi connectivity index (χ1) is 25.6. The van der Waals surface area contributed by atoms with Crippen molar-refractivity contribution in [2.24, 2.45) is 0 Å². The summed E-state index contributed by atoms with van der Waals surface area (Å²) in [7, 11) is 0. The molecule has 0 aliphatic heterocycles. The predicted molar refractivity (Wildman–Crippen MR) is 210 cm³/mol. The van der Waals surface area contributed by atoms with Gasteiger partial charge in [0.1, 0.15) is 11.6 Å². The molecule has 0 unspecified atom stereocenters. The average molecular weight is 679 g/mol. The van der Waals surface area contributed by atoms with Crippen molar-refractivity contribution in [3.05, 3.63) is 175 Å². The van der Waals surface area contributed by atoms with E-state index in [-0.39, 0.29) is 11.6 Å². The molecule has 0 saturated heterocycles. The van der Waals surface area contributed by atoms with Crippen LogP contribution < -0.4 is 0 Å². The molecule has 9 aromatic rings. The van der Waals surface area contributed by atoms with Gasteiger partial charge in [-0.3, -0.25) is 0 Å². The Morgan fingerprint density at radius 3 is 1.81 bits per heavy atom. The largest absolute Gasteiger partial charge is 0.336 e. The SMILES string of the molecule is C/C=C\C=C/Cn1c2ccccc2c2ccc3c(c4ccccc4n3-c3ccc(-c4nc(-c5ccc(F)cc5)cc(-c5ccc(F)cc5)n4)cc3)c21. The van der Waals surface area contributed by atoms with E-state index in [9.17, 15) is 8.78 Å². The van der Waals surface area contributed by atoms with Gasteiger partial charge in [-0.1, -0.05) is 66.8 Å². The molecule has 0 aliphatic rings. The van der Waals surface area contributed by atoms with Gasteiger partial charge >= 0.3 is 0 Å². The molecule has 0 saturated carbocycles. The lowest BCUT2D eigenvalue weighted by Crippen LogP contribution is -1.98. The minimum Gasteiger partial charge on any atom is -0.336 e. The highest BCUT2D eigenvalue weighted by molar-refractivity contribution is 6.25. The van der Waals surface area contributed by atoms with E-state index in [1.54, 1.807) is 24.3 Å². The maximum Gasteiger partial charge on any atom is 0.160 e. The van der Waals surface area contributed by atoms with E-state index in [1.807, 2.05) is 31.2 Å². The number of hydrogen-bond acceptors (Lipinski definition) is 2. The summed E-state index contributed by atoms with van der Waals surface area (Å²) >= 11 is 0. The van der Waals surface area contributed by atoms with Crippen LogP contribution in [0.4, 0.5) is 8.78 Å². The zero-order valence-electron chi connectivity index (χ0n) is 28.3. The van der Waals surface area contributed by atoms with Gasteiger partial charge < -0.3 is 9.13 Å². The first kappa shape index (κ1) is 31.3. The van der Waals surface area contributed by atoms with Crippen molar-refractivity contribution in [3.63, 3.8) is 0 Å². The lowest BCUT2D eigenvalue weighted by atomic mass is 10.1. The fourth-order valence-electron chi connectivity index (χ4n) is 7.29. The van der Waals surface area contributed by atoms with Gasteiger partial charge in [-0.05, 0) is 104 Å². The number of para-hydroxylation sites is 2. The van der Waals surface area contributed by atoms with Crippen molar-refractivity contribution in [2.45, 2.75) is 13.5 Å². The van der Waals surface area contributed by atoms with Crippen LogP contribution in [0.3, 0.4) is 0 Å². The molecule has 250 valence electrons. The minimum atomic E-state index is -0.319. The number of hydrogen-bond donors (Lipinski definition) is 0. The smallest absolute Gasteiger partial charge is 0.160 e. The summed E-state index contributed by atoms with van der Waals surface area (Å²) in [5.41, 5.74) is 9.32. The van der Waals surface area contributed by atoms with E-state index in [4.69, 9.17) is 9.97 Å². The number of halogens is 2. The molecule has 9 rings (SSSR count). The first-order valence-corrected chi connectivity index (χ1v) is 17.3. The Hall–Kier alpha value is -6.66. The van der Waals surface area contributed by atoms with E-state index in [0.717, 1.165) is 40.0 Å². The lowest BCUT2D eigenvalue weighted by molar-refractivity contribution is 0.627. The minimum absolute atomic E-state index is 0.319. The first-order valence-electron chi connectivity index (χ1n) is 17.3. The second kappa shape index (κ2) is 12.9. The molecule has 52 heavy (non-hydrogen) atoms. The van der Waals surface area contributed by atoms with Crippen molar-refractivity contribution < 1.29 is 8.78 Å². The molecule has 0 bridgehead atoms. The van der Waals surface area contributed by atoms with Gasteiger partial charge in [-0.25, -0.2) is 18.7 Å². The van der Waals surface area contributed by atoms with Gasteiger partial charge in [-0.15, -0.1) is 0 Å². The monoisotopic (exact) mass is 678 g/mol. The molecule has 0 radical (unpaired) electrons. The maximum atomic E-state index is 13.8. The summed E-state index contributed by atoms with van der Waals surface area (Å²) in [6.45, 7) is 2.78. The fraction of sp³-hybridized carbons (Fsp3) is 0.0435. The molecule has 0 N–H and O–H groups in total. The third-order valence-electron chi connectivity index (χ3n) is 9.68. The zero-order valence-corrected chi connectivity index (χ0v) is 28.3. The number of nitrogens with zero attached hydrogens (tertiary/aromatic N) is 4. The number of benzene rings is 6. The summed E-state index contributed by atoms with van der Waals surface area (Å²) in [4.78, 5) is 9.83.